The van der Waals surface area contributed by atoms with E-state index in [4.69, 9.17) is 5.11 Å². The Morgan fingerprint density at radius 1 is 1.56 bits per heavy atom. The lowest BCUT2D eigenvalue weighted by Crippen LogP contribution is -2.57. The normalized spacial score (nSPS) is 19.6. The summed E-state index contributed by atoms with van der Waals surface area (Å²) < 4.78 is 0. The van der Waals surface area contributed by atoms with E-state index in [0.29, 0.717) is 19.6 Å². The first kappa shape index (κ1) is 12.5. The van der Waals surface area contributed by atoms with Crippen molar-refractivity contribution < 1.29 is 14.7 Å². The van der Waals surface area contributed by atoms with Crippen LogP contribution in [-0.4, -0.2) is 52.5 Å². The second-order valence-corrected chi connectivity index (χ2v) is 4.18. The van der Waals surface area contributed by atoms with Gasteiger partial charge in [0, 0.05) is 32.0 Å². The molecule has 1 saturated heterocycles. The van der Waals surface area contributed by atoms with Crippen molar-refractivity contribution in [3.63, 3.8) is 0 Å². The maximum atomic E-state index is 12.1. The van der Waals surface area contributed by atoms with Crippen LogP contribution in [0.4, 0.5) is 0 Å². The lowest BCUT2D eigenvalue weighted by Gasteiger charge is -2.33. The van der Waals surface area contributed by atoms with Gasteiger partial charge in [-0.1, -0.05) is 6.07 Å². The van der Waals surface area contributed by atoms with Crippen LogP contribution in [0.15, 0.2) is 24.5 Å². The van der Waals surface area contributed by atoms with Crippen LogP contribution in [0.2, 0.25) is 0 Å². The fraction of sp³-hybridized carbons (Fsp3) is 0.417. The van der Waals surface area contributed by atoms with Gasteiger partial charge in [0.2, 0.25) is 5.91 Å². The van der Waals surface area contributed by atoms with Gasteiger partial charge in [-0.2, -0.15) is 0 Å². The molecule has 0 radical (unpaired) electrons. The highest BCUT2D eigenvalue weighted by Crippen LogP contribution is 2.08. The molecule has 0 aromatic carbocycles. The van der Waals surface area contributed by atoms with Gasteiger partial charge in [0.25, 0.3) is 0 Å². The molecule has 0 aliphatic carbocycles. The van der Waals surface area contributed by atoms with Crippen LogP contribution in [0, 0.1) is 0 Å². The fourth-order valence-corrected chi connectivity index (χ4v) is 2.00. The van der Waals surface area contributed by atoms with Crippen molar-refractivity contribution in [1.82, 2.24) is 15.2 Å². The maximum Gasteiger partial charge on any atom is 0.327 e. The number of nitrogens with one attached hydrogen (secondary N) is 1. The molecule has 6 nitrogen and oxygen atoms in total. The first-order chi connectivity index (χ1) is 8.68. The molecule has 96 valence electrons. The minimum atomic E-state index is -0.971. The second-order valence-electron chi connectivity index (χ2n) is 4.18. The van der Waals surface area contributed by atoms with Gasteiger partial charge in [-0.15, -0.1) is 0 Å². The summed E-state index contributed by atoms with van der Waals surface area (Å²) in [5.74, 6) is -1.14. The number of piperazine rings is 1. The van der Waals surface area contributed by atoms with Crippen molar-refractivity contribution in [3.05, 3.63) is 30.1 Å². The zero-order chi connectivity index (χ0) is 13.0. The second kappa shape index (κ2) is 5.59. The minimum absolute atomic E-state index is 0.170. The molecule has 1 unspecified atom stereocenters. The summed E-state index contributed by atoms with van der Waals surface area (Å²) in [7, 11) is 0. The summed E-state index contributed by atoms with van der Waals surface area (Å²) in [6, 6.07) is 2.79. The quantitative estimate of drug-likeness (QED) is 0.755. The van der Waals surface area contributed by atoms with Gasteiger partial charge in [0.1, 0.15) is 6.04 Å². The van der Waals surface area contributed by atoms with Crippen LogP contribution >= 0.6 is 0 Å². The molecule has 0 saturated carbocycles. The summed E-state index contributed by atoms with van der Waals surface area (Å²) in [6.07, 6.45) is 3.45. The predicted octanol–water partition coefficient (Wildman–Crippen LogP) is -0.491. The highest BCUT2D eigenvalue weighted by atomic mass is 16.4. The summed E-state index contributed by atoms with van der Waals surface area (Å²) in [5.41, 5.74) is 0.796. The van der Waals surface area contributed by atoms with Crippen molar-refractivity contribution in [2.45, 2.75) is 12.5 Å². The van der Waals surface area contributed by atoms with Crippen molar-refractivity contribution in [3.8, 4) is 0 Å². The number of carbonyl (C=O) groups excluding carboxylic acids is 1. The van der Waals surface area contributed by atoms with Crippen LogP contribution in [0.5, 0.6) is 0 Å². The number of carbonyl (C=O) groups is 2. The molecular weight excluding hydrogens is 234 g/mol. The molecule has 1 atom stereocenters. The van der Waals surface area contributed by atoms with Crippen LogP contribution in [0.1, 0.15) is 5.56 Å². The van der Waals surface area contributed by atoms with E-state index in [1.54, 1.807) is 18.5 Å². The zero-order valence-electron chi connectivity index (χ0n) is 9.87. The number of hydrogen-bond acceptors (Lipinski definition) is 4. The number of carboxylic acid groups (broad SMARTS) is 1. The molecule has 1 amide bonds. The molecule has 2 heterocycles. The third kappa shape index (κ3) is 2.84. The van der Waals surface area contributed by atoms with Crippen molar-refractivity contribution >= 4 is 11.9 Å². The summed E-state index contributed by atoms with van der Waals surface area (Å²) in [4.78, 5) is 28.5. The van der Waals surface area contributed by atoms with Crippen molar-refractivity contribution in [1.29, 1.82) is 0 Å². The number of aliphatic carboxylic acids is 1. The van der Waals surface area contributed by atoms with Crippen molar-refractivity contribution in [2.24, 2.45) is 0 Å². The molecule has 18 heavy (non-hydrogen) atoms. The topological polar surface area (TPSA) is 82.5 Å². The van der Waals surface area contributed by atoms with Crippen LogP contribution in [0.3, 0.4) is 0 Å². The number of carboxylic acids is 1. The van der Waals surface area contributed by atoms with Gasteiger partial charge in [0.05, 0.1) is 6.42 Å². The SMILES string of the molecule is O=C(O)C1CNCCN1C(=O)Cc1cccnc1. The highest BCUT2D eigenvalue weighted by Gasteiger charge is 2.31. The Morgan fingerprint density at radius 2 is 2.39 bits per heavy atom. The summed E-state index contributed by atoms with van der Waals surface area (Å²) in [6.45, 7) is 1.35. The molecule has 1 aliphatic heterocycles. The molecule has 1 aliphatic rings. The molecule has 2 N–H and O–H groups in total. The Morgan fingerprint density at radius 3 is 3.06 bits per heavy atom. The van der Waals surface area contributed by atoms with Gasteiger partial charge in [0.15, 0.2) is 0 Å². The summed E-state index contributed by atoms with van der Waals surface area (Å²) >= 11 is 0. The van der Waals surface area contributed by atoms with E-state index >= 15 is 0 Å². The van der Waals surface area contributed by atoms with Crippen molar-refractivity contribution in [2.75, 3.05) is 19.6 Å². The highest BCUT2D eigenvalue weighted by molar-refractivity contribution is 5.85. The third-order valence-electron chi connectivity index (χ3n) is 2.93. The monoisotopic (exact) mass is 249 g/mol. The molecule has 2 rings (SSSR count). The van der Waals surface area contributed by atoms with Gasteiger partial charge in [-0.3, -0.25) is 9.78 Å². The van der Waals surface area contributed by atoms with E-state index in [9.17, 15) is 9.59 Å². The molecule has 0 bridgehead atoms. The molecule has 6 heteroatoms. The standard InChI is InChI=1S/C12H15N3O3/c16-11(6-9-2-1-3-13-7-9)15-5-4-14-8-10(15)12(17)18/h1-3,7,10,14H,4-6,8H2,(H,17,18). The Bertz CT molecular complexity index is 435. The third-order valence-corrected chi connectivity index (χ3v) is 2.93. The Kier molecular flexibility index (Phi) is 3.88. The van der Waals surface area contributed by atoms with E-state index in [0.717, 1.165) is 5.56 Å². The number of pyridine rings is 1. The number of amides is 1. The predicted molar refractivity (Wildman–Crippen MR) is 63.9 cm³/mol. The largest absolute Gasteiger partial charge is 0.480 e. The smallest absolute Gasteiger partial charge is 0.327 e. The van der Waals surface area contributed by atoms with Crippen LogP contribution in [0.25, 0.3) is 0 Å². The molecular formula is C12H15N3O3. The van der Waals surface area contributed by atoms with Gasteiger partial charge >= 0.3 is 5.97 Å². The van der Waals surface area contributed by atoms with Gasteiger partial charge in [-0.25, -0.2) is 4.79 Å². The van der Waals surface area contributed by atoms with Gasteiger partial charge < -0.3 is 15.3 Å². The molecule has 0 spiro atoms. The van der Waals surface area contributed by atoms with E-state index in [-0.39, 0.29) is 12.3 Å². The lowest BCUT2D eigenvalue weighted by molar-refractivity contribution is -0.150. The first-order valence-electron chi connectivity index (χ1n) is 5.80. The Labute approximate surface area is 105 Å². The van der Waals surface area contributed by atoms with E-state index in [1.807, 2.05) is 6.07 Å². The van der Waals surface area contributed by atoms with Gasteiger partial charge in [-0.05, 0) is 11.6 Å². The lowest BCUT2D eigenvalue weighted by atomic mass is 10.1. The minimum Gasteiger partial charge on any atom is -0.480 e. The number of rotatable bonds is 3. The van der Waals surface area contributed by atoms with E-state index in [1.165, 1.54) is 4.90 Å². The van der Waals surface area contributed by atoms with Crippen LogP contribution < -0.4 is 5.32 Å². The Balaban J connectivity index is 2.05. The fourth-order valence-electron chi connectivity index (χ4n) is 2.00. The number of hydrogen-bond donors (Lipinski definition) is 2. The number of nitrogens with zero attached hydrogens (tertiary/aromatic N) is 2. The first-order valence-corrected chi connectivity index (χ1v) is 5.80. The summed E-state index contributed by atoms with van der Waals surface area (Å²) in [5, 5.41) is 12.1. The van der Waals surface area contributed by atoms with Crippen LogP contribution in [-0.2, 0) is 16.0 Å². The molecule has 1 aromatic heterocycles. The Hall–Kier alpha value is -1.95. The number of aromatic nitrogens is 1. The average Bonchev–Trinajstić information content (AvgIpc) is 2.40. The van der Waals surface area contributed by atoms with E-state index < -0.39 is 12.0 Å². The molecule has 1 aromatic rings. The average molecular weight is 249 g/mol. The van der Waals surface area contributed by atoms with E-state index in [2.05, 4.69) is 10.3 Å². The zero-order valence-corrected chi connectivity index (χ0v) is 9.87. The maximum absolute atomic E-state index is 12.1. The molecule has 1 fully saturated rings.